The van der Waals surface area contributed by atoms with Crippen LogP contribution >= 0.6 is 0 Å². The molecule has 0 unspecified atom stereocenters. The van der Waals surface area contributed by atoms with Gasteiger partial charge in [0.2, 0.25) is 0 Å². The van der Waals surface area contributed by atoms with Crippen LogP contribution in [0.15, 0.2) is 53.5 Å². The highest BCUT2D eigenvalue weighted by molar-refractivity contribution is 7.87. The topological polar surface area (TPSA) is 186 Å². The molecule has 2 rings (SSSR count). The highest BCUT2D eigenvalue weighted by Gasteiger charge is 2.38. The zero-order chi connectivity index (χ0) is 25.2. The van der Waals surface area contributed by atoms with E-state index in [-0.39, 0.29) is 12.5 Å². The van der Waals surface area contributed by atoms with Gasteiger partial charge in [-0.25, -0.2) is 19.3 Å². The molecule has 0 fully saturated rings. The van der Waals surface area contributed by atoms with Gasteiger partial charge in [0, 0.05) is 13.6 Å². The van der Waals surface area contributed by atoms with E-state index in [0.717, 1.165) is 0 Å². The summed E-state index contributed by atoms with van der Waals surface area (Å²) in [6.45, 7) is 0.115. The van der Waals surface area contributed by atoms with E-state index in [1.165, 1.54) is 7.05 Å². The van der Waals surface area contributed by atoms with Crippen LogP contribution in [0.25, 0.3) is 0 Å². The van der Waals surface area contributed by atoms with Crippen molar-refractivity contribution in [3.05, 3.63) is 59.7 Å². The Balaban J connectivity index is 0.000000675. The lowest BCUT2D eigenvalue weighted by molar-refractivity contribution is -0.192. The summed E-state index contributed by atoms with van der Waals surface area (Å²) in [4.78, 5) is 24.9. The van der Waals surface area contributed by atoms with Crippen molar-refractivity contribution in [3.63, 3.8) is 0 Å². The molecule has 0 bridgehead atoms. The van der Waals surface area contributed by atoms with Crippen LogP contribution in [0.2, 0.25) is 0 Å². The Morgan fingerprint density at radius 2 is 1.58 bits per heavy atom. The molecule has 0 aromatic heterocycles. The first-order valence-corrected chi connectivity index (χ1v) is 10.2. The maximum atomic E-state index is 12.1. The largest absolute Gasteiger partial charge is 0.490 e. The van der Waals surface area contributed by atoms with Crippen LogP contribution < -0.4 is 25.6 Å². The van der Waals surface area contributed by atoms with Crippen molar-refractivity contribution in [2.45, 2.75) is 12.7 Å². The number of aliphatic carboxylic acids is 1. The number of alkyl halides is 3. The van der Waals surface area contributed by atoms with Crippen molar-refractivity contribution in [1.82, 2.24) is 9.44 Å². The molecule has 2 aromatic carbocycles. The first-order chi connectivity index (χ1) is 15.2. The highest BCUT2D eigenvalue weighted by atomic mass is 32.2. The molecule has 0 amide bonds. The number of ether oxygens (including phenoxy) is 1. The second-order valence-electron chi connectivity index (χ2n) is 5.95. The molecule has 0 aliphatic rings. The van der Waals surface area contributed by atoms with Gasteiger partial charge in [-0.3, -0.25) is 0 Å². The lowest BCUT2D eigenvalue weighted by atomic mass is 10.2. The summed E-state index contributed by atoms with van der Waals surface area (Å²) >= 11 is 0. The maximum Gasteiger partial charge on any atom is 0.490 e. The number of halogens is 3. The molecule has 0 spiro atoms. The molecule has 0 aliphatic heterocycles. The van der Waals surface area contributed by atoms with Gasteiger partial charge in [-0.05, 0) is 42.0 Å². The van der Waals surface area contributed by atoms with E-state index < -0.39 is 28.3 Å². The Morgan fingerprint density at radius 3 is 2.00 bits per heavy atom. The molecule has 15 heteroatoms. The lowest BCUT2D eigenvalue weighted by Crippen LogP contribution is -2.33. The number of aliphatic imine (C=N–C) groups is 1. The van der Waals surface area contributed by atoms with E-state index in [2.05, 4.69) is 14.4 Å². The average molecular weight is 491 g/mol. The highest BCUT2D eigenvalue weighted by Crippen LogP contribution is 2.17. The first kappa shape index (κ1) is 27.3. The number of esters is 1. The molecule has 0 atom stereocenters. The number of carbonyl (C=O) groups excluding carboxylic acids is 1. The van der Waals surface area contributed by atoms with E-state index in [1.54, 1.807) is 48.5 Å². The summed E-state index contributed by atoms with van der Waals surface area (Å²) in [5.74, 6) is -3.03. The predicted octanol–water partition coefficient (Wildman–Crippen LogP) is 0.998. The Bertz CT molecular complexity index is 1080. The van der Waals surface area contributed by atoms with Gasteiger partial charge >= 0.3 is 18.1 Å². The van der Waals surface area contributed by atoms with Crippen LogP contribution in [0.5, 0.6) is 5.75 Å². The van der Waals surface area contributed by atoms with Crippen molar-refractivity contribution in [2.75, 3.05) is 7.05 Å². The van der Waals surface area contributed by atoms with Crippen molar-refractivity contribution in [1.29, 1.82) is 0 Å². The standard InChI is InChI=1S/C16H19N5O4S.C2HF3O2/c1-19-26(23,24)20-10-11-2-8-14(9-3-11)25-15(22)12-4-6-13(7-5-12)21-16(17)18;3-2(4,5)1(6)7/h2-9,19-20H,10H2,1H3,(H4,17,18,21);(H,6,7). The monoisotopic (exact) mass is 491 g/mol. The van der Waals surface area contributed by atoms with Gasteiger partial charge in [0.05, 0.1) is 11.3 Å². The molecule has 0 saturated heterocycles. The van der Waals surface area contributed by atoms with Crippen molar-refractivity contribution >= 4 is 33.8 Å². The molecule has 0 saturated carbocycles. The number of rotatable bonds is 7. The summed E-state index contributed by atoms with van der Waals surface area (Å²) in [5, 5.41) is 7.12. The molecule has 7 N–H and O–H groups in total. The Kier molecular flexibility index (Phi) is 9.77. The summed E-state index contributed by atoms with van der Waals surface area (Å²) < 4.78 is 64.1. The lowest BCUT2D eigenvalue weighted by Gasteiger charge is -2.07. The molecule has 11 nitrogen and oxygen atoms in total. The zero-order valence-electron chi connectivity index (χ0n) is 17.0. The number of hydrogen-bond acceptors (Lipinski definition) is 6. The number of carboxylic acid groups (broad SMARTS) is 1. The summed E-state index contributed by atoms with van der Waals surface area (Å²) in [6.07, 6.45) is -5.08. The predicted molar refractivity (Wildman–Crippen MR) is 112 cm³/mol. The third kappa shape index (κ3) is 10.4. The van der Waals surface area contributed by atoms with Crippen molar-refractivity contribution in [3.8, 4) is 5.75 Å². The maximum absolute atomic E-state index is 12.1. The number of carboxylic acids is 1. The normalized spacial score (nSPS) is 11.0. The Hall–Kier alpha value is -3.69. The minimum Gasteiger partial charge on any atom is -0.475 e. The van der Waals surface area contributed by atoms with Gasteiger partial charge < -0.3 is 21.3 Å². The van der Waals surface area contributed by atoms with Gasteiger partial charge in [0.1, 0.15) is 5.75 Å². The van der Waals surface area contributed by atoms with Crippen LogP contribution in [0.1, 0.15) is 15.9 Å². The molecular formula is C18H20F3N5O6S. The summed E-state index contributed by atoms with van der Waals surface area (Å²) in [6, 6.07) is 12.7. The molecule has 0 aliphatic carbocycles. The van der Waals surface area contributed by atoms with Gasteiger partial charge in [-0.2, -0.15) is 26.3 Å². The van der Waals surface area contributed by atoms with Crippen molar-refractivity contribution < 1.29 is 41.0 Å². The fraction of sp³-hybridized carbons (Fsp3) is 0.167. The fourth-order valence-electron chi connectivity index (χ4n) is 1.91. The molecular weight excluding hydrogens is 471 g/mol. The SMILES string of the molecule is CNS(=O)(=O)NCc1ccc(OC(=O)c2ccc(N=C(N)N)cc2)cc1.O=C(O)C(F)(F)F. The number of nitrogens with one attached hydrogen (secondary N) is 2. The molecule has 2 aromatic rings. The molecule has 0 radical (unpaired) electrons. The Morgan fingerprint density at radius 1 is 1.06 bits per heavy atom. The first-order valence-electron chi connectivity index (χ1n) is 8.72. The van der Waals surface area contributed by atoms with Gasteiger partial charge in [0.15, 0.2) is 5.96 Å². The average Bonchev–Trinajstić information content (AvgIpc) is 2.73. The summed E-state index contributed by atoms with van der Waals surface area (Å²) in [7, 11) is -2.19. The molecule has 0 heterocycles. The van der Waals surface area contributed by atoms with Gasteiger partial charge in [-0.15, -0.1) is 0 Å². The minimum absolute atomic E-state index is 0.0718. The van der Waals surface area contributed by atoms with E-state index >= 15 is 0 Å². The van der Waals surface area contributed by atoms with Crippen LogP contribution in [-0.2, 0) is 21.5 Å². The van der Waals surface area contributed by atoms with E-state index in [0.29, 0.717) is 22.6 Å². The van der Waals surface area contributed by atoms with E-state index in [4.69, 9.17) is 26.1 Å². The van der Waals surface area contributed by atoms with Crippen molar-refractivity contribution in [2.24, 2.45) is 16.5 Å². The second-order valence-corrected chi connectivity index (χ2v) is 7.65. The van der Waals surface area contributed by atoms with E-state index in [1.807, 2.05) is 0 Å². The van der Waals surface area contributed by atoms with Gasteiger partial charge in [0.25, 0.3) is 10.2 Å². The number of guanidine groups is 1. The van der Waals surface area contributed by atoms with Gasteiger partial charge in [-0.1, -0.05) is 12.1 Å². The number of nitrogens with two attached hydrogens (primary N) is 2. The number of carbonyl (C=O) groups is 2. The second kappa shape index (κ2) is 11.8. The fourth-order valence-corrected chi connectivity index (χ4v) is 2.41. The number of hydrogen-bond donors (Lipinski definition) is 5. The van der Waals surface area contributed by atoms with Crippen LogP contribution in [-0.4, -0.2) is 44.6 Å². The van der Waals surface area contributed by atoms with E-state index in [9.17, 15) is 26.4 Å². The third-order valence-electron chi connectivity index (χ3n) is 3.47. The quantitative estimate of drug-likeness (QED) is 0.164. The molecule has 33 heavy (non-hydrogen) atoms. The van der Waals surface area contributed by atoms with Crippen LogP contribution in [0.3, 0.4) is 0 Å². The summed E-state index contributed by atoms with van der Waals surface area (Å²) in [5.41, 5.74) is 12.1. The zero-order valence-corrected chi connectivity index (χ0v) is 17.8. The minimum atomic E-state index is -5.08. The smallest absolute Gasteiger partial charge is 0.475 e. The molecule has 180 valence electrons. The number of benzene rings is 2. The Labute approximate surface area is 186 Å². The number of nitrogens with zero attached hydrogens (tertiary/aromatic N) is 1. The van der Waals surface area contributed by atoms with Crippen LogP contribution in [0.4, 0.5) is 18.9 Å². The van der Waals surface area contributed by atoms with Crippen LogP contribution in [0, 0.1) is 0 Å². The third-order valence-corrected chi connectivity index (χ3v) is 4.53.